The van der Waals surface area contributed by atoms with E-state index in [0.717, 1.165) is 9.13 Å². The summed E-state index contributed by atoms with van der Waals surface area (Å²) in [6.07, 6.45) is 0. The van der Waals surface area contributed by atoms with Crippen LogP contribution in [0.25, 0.3) is 22.8 Å². The molecule has 1 N–H and O–H groups in total. The van der Waals surface area contributed by atoms with E-state index in [1.807, 2.05) is 12.1 Å². The van der Waals surface area contributed by atoms with Crippen LogP contribution in [-0.2, 0) is 0 Å². The zero-order valence-corrected chi connectivity index (χ0v) is 13.0. The lowest BCUT2D eigenvalue weighted by atomic mass is 10.2. The average molecular weight is 399 g/mol. The standard InChI is InChI=1S/C14H8ClIN2O2/c15-9-3-1-8(2-4-9)13-17-14(20-18-13)11-7-10(16)5-6-12(11)19/h1-7,19H. The molecule has 0 atom stereocenters. The molecule has 0 radical (unpaired) electrons. The van der Waals surface area contributed by atoms with Gasteiger partial charge in [0.1, 0.15) is 5.75 Å². The largest absolute Gasteiger partial charge is 0.507 e. The summed E-state index contributed by atoms with van der Waals surface area (Å²) in [5.41, 5.74) is 1.32. The van der Waals surface area contributed by atoms with E-state index in [0.29, 0.717) is 16.4 Å². The smallest absolute Gasteiger partial charge is 0.262 e. The average Bonchev–Trinajstić information content (AvgIpc) is 2.92. The molecule has 3 aromatic rings. The Morgan fingerprint density at radius 1 is 1.10 bits per heavy atom. The highest BCUT2D eigenvalue weighted by atomic mass is 127. The van der Waals surface area contributed by atoms with Gasteiger partial charge in [0.2, 0.25) is 5.82 Å². The van der Waals surface area contributed by atoms with Gasteiger partial charge in [-0.3, -0.25) is 0 Å². The second-order valence-corrected chi connectivity index (χ2v) is 5.77. The van der Waals surface area contributed by atoms with Gasteiger partial charge >= 0.3 is 0 Å². The number of aromatic hydroxyl groups is 1. The minimum Gasteiger partial charge on any atom is -0.507 e. The first-order chi connectivity index (χ1) is 9.63. The normalized spacial score (nSPS) is 10.7. The fraction of sp³-hybridized carbons (Fsp3) is 0. The van der Waals surface area contributed by atoms with Crippen molar-refractivity contribution in [1.82, 2.24) is 10.1 Å². The minimum atomic E-state index is 0.108. The number of phenolic OH excluding ortho intramolecular Hbond substituents is 1. The van der Waals surface area contributed by atoms with E-state index < -0.39 is 0 Å². The fourth-order valence-electron chi connectivity index (χ4n) is 1.73. The molecule has 2 aromatic carbocycles. The van der Waals surface area contributed by atoms with Crippen LogP contribution in [0.1, 0.15) is 0 Å². The monoisotopic (exact) mass is 398 g/mol. The number of rotatable bonds is 2. The third kappa shape index (κ3) is 2.64. The first kappa shape index (κ1) is 13.4. The zero-order valence-electron chi connectivity index (χ0n) is 10.0. The van der Waals surface area contributed by atoms with Gasteiger partial charge in [-0.2, -0.15) is 4.98 Å². The van der Waals surface area contributed by atoms with Gasteiger partial charge in [0, 0.05) is 14.2 Å². The molecule has 1 aromatic heterocycles. The first-order valence-corrected chi connectivity index (χ1v) is 7.18. The molecule has 0 unspecified atom stereocenters. The molecule has 4 nitrogen and oxygen atoms in total. The van der Waals surface area contributed by atoms with E-state index in [2.05, 4.69) is 32.7 Å². The molecule has 0 fully saturated rings. The number of phenols is 1. The van der Waals surface area contributed by atoms with Crippen LogP contribution in [-0.4, -0.2) is 15.2 Å². The van der Waals surface area contributed by atoms with Crippen molar-refractivity contribution in [3.63, 3.8) is 0 Å². The number of hydrogen-bond donors (Lipinski definition) is 1. The first-order valence-electron chi connectivity index (χ1n) is 5.72. The van der Waals surface area contributed by atoms with Gasteiger partial charge in [0.25, 0.3) is 5.89 Å². The Kier molecular flexibility index (Phi) is 3.62. The minimum absolute atomic E-state index is 0.108. The maximum Gasteiger partial charge on any atom is 0.262 e. The molecule has 100 valence electrons. The van der Waals surface area contributed by atoms with Crippen LogP contribution >= 0.6 is 34.2 Å². The summed E-state index contributed by atoms with van der Waals surface area (Å²) in [7, 11) is 0. The van der Waals surface area contributed by atoms with Crippen LogP contribution in [0, 0.1) is 3.57 Å². The van der Waals surface area contributed by atoms with E-state index >= 15 is 0 Å². The highest BCUT2D eigenvalue weighted by molar-refractivity contribution is 14.1. The molecule has 0 saturated heterocycles. The van der Waals surface area contributed by atoms with Crippen LogP contribution in [0.5, 0.6) is 5.75 Å². The number of halogens is 2. The van der Waals surface area contributed by atoms with Crippen LogP contribution in [0.3, 0.4) is 0 Å². The van der Waals surface area contributed by atoms with Crippen molar-refractivity contribution in [2.45, 2.75) is 0 Å². The highest BCUT2D eigenvalue weighted by Crippen LogP contribution is 2.30. The quantitative estimate of drug-likeness (QED) is 0.651. The Hall–Kier alpha value is -1.60. The van der Waals surface area contributed by atoms with Crippen molar-refractivity contribution in [2.75, 3.05) is 0 Å². The summed E-state index contributed by atoms with van der Waals surface area (Å²) in [6, 6.07) is 12.3. The van der Waals surface area contributed by atoms with E-state index in [1.165, 1.54) is 0 Å². The fourth-order valence-corrected chi connectivity index (χ4v) is 2.35. The molecule has 0 amide bonds. The van der Waals surface area contributed by atoms with Crippen LogP contribution in [0.2, 0.25) is 5.02 Å². The summed E-state index contributed by atoms with van der Waals surface area (Å²) in [6.45, 7) is 0. The Morgan fingerprint density at radius 2 is 1.85 bits per heavy atom. The third-order valence-corrected chi connectivity index (χ3v) is 3.64. The molecule has 1 heterocycles. The van der Waals surface area contributed by atoms with Crippen molar-refractivity contribution in [3.8, 4) is 28.6 Å². The summed E-state index contributed by atoms with van der Waals surface area (Å²) in [5, 5.41) is 14.4. The number of aromatic nitrogens is 2. The predicted molar refractivity (Wildman–Crippen MR) is 84.6 cm³/mol. The Labute approximate surface area is 133 Å². The van der Waals surface area contributed by atoms with E-state index in [-0.39, 0.29) is 11.6 Å². The summed E-state index contributed by atoms with van der Waals surface area (Å²) in [4.78, 5) is 4.30. The van der Waals surface area contributed by atoms with Gasteiger partial charge in [-0.1, -0.05) is 16.8 Å². The second kappa shape index (κ2) is 5.41. The molecule has 0 aliphatic heterocycles. The zero-order chi connectivity index (χ0) is 14.1. The van der Waals surface area contributed by atoms with Gasteiger partial charge < -0.3 is 9.63 Å². The summed E-state index contributed by atoms with van der Waals surface area (Å²) in [5.74, 6) is 0.845. The molecule has 0 aliphatic carbocycles. The van der Waals surface area contributed by atoms with Crippen molar-refractivity contribution >= 4 is 34.2 Å². The van der Waals surface area contributed by atoms with Gasteiger partial charge in [0.05, 0.1) is 5.56 Å². The van der Waals surface area contributed by atoms with Crippen LogP contribution < -0.4 is 0 Å². The van der Waals surface area contributed by atoms with E-state index in [4.69, 9.17) is 16.1 Å². The van der Waals surface area contributed by atoms with E-state index in [1.54, 1.807) is 30.3 Å². The molecule has 6 heteroatoms. The highest BCUT2D eigenvalue weighted by Gasteiger charge is 2.14. The molecule has 0 bridgehead atoms. The van der Waals surface area contributed by atoms with Crippen molar-refractivity contribution in [3.05, 3.63) is 51.1 Å². The maximum absolute atomic E-state index is 9.86. The molecular formula is C14H8ClIN2O2. The topological polar surface area (TPSA) is 59.2 Å². The van der Waals surface area contributed by atoms with Gasteiger partial charge in [-0.05, 0) is 65.1 Å². The molecule has 0 spiro atoms. The molecular weight excluding hydrogens is 391 g/mol. The van der Waals surface area contributed by atoms with Crippen LogP contribution in [0.15, 0.2) is 47.0 Å². The summed E-state index contributed by atoms with van der Waals surface area (Å²) >= 11 is 8.00. The van der Waals surface area contributed by atoms with Gasteiger partial charge in [-0.15, -0.1) is 0 Å². The van der Waals surface area contributed by atoms with E-state index in [9.17, 15) is 5.11 Å². The second-order valence-electron chi connectivity index (χ2n) is 4.09. The number of nitrogens with zero attached hydrogens (tertiary/aromatic N) is 2. The summed E-state index contributed by atoms with van der Waals surface area (Å²) < 4.78 is 6.19. The Balaban J connectivity index is 2.01. The van der Waals surface area contributed by atoms with Crippen molar-refractivity contribution in [1.29, 1.82) is 0 Å². The number of benzene rings is 2. The lowest BCUT2D eigenvalue weighted by molar-refractivity contribution is 0.425. The molecule has 20 heavy (non-hydrogen) atoms. The lowest BCUT2D eigenvalue weighted by Crippen LogP contribution is -1.82. The third-order valence-electron chi connectivity index (χ3n) is 2.72. The van der Waals surface area contributed by atoms with Gasteiger partial charge in [-0.25, -0.2) is 0 Å². The molecule has 3 rings (SSSR count). The number of hydrogen-bond acceptors (Lipinski definition) is 4. The SMILES string of the molecule is Oc1ccc(I)cc1-c1nc(-c2ccc(Cl)cc2)no1. The van der Waals surface area contributed by atoms with Crippen LogP contribution in [0.4, 0.5) is 0 Å². The van der Waals surface area contributed by atoms with Crippen molar-refractivity contribution in [2.24, 2.45) is 0 Å². The maximum atomic E-state index is 9.86. The lowest BCUT2D eigenvalue weighted by Gasteiger charge is -1.99. The van der Waals surface area contributed by atoms with Crippen molar-refractivity contribution < 1.29 is 9.63 Å². The predicted octanol–water partition coefficient (Wildman–Crippen LogP) is 4.37. The molecule has 0 aliphatic rings. The Bertz CT molecular complexity index is 756. The molecule has 0 saturated carbocycles. The van der Waals surface area contributed by atoms with Gasteiger partial charge in [0.15, 0.2) is 0 Å². The Morgan fingerprint density at radius 3 is 2.60 bits per heavy atom.